The lowest BCUT2D eigenvalue weighted by Crippen LogP contribution is -2.39. The summed E-state index contributed by atoms with van der Waals surface area (Å²) in [6.45, 7) is 7.33. The summed E-state index contributed by atoms with van der Waals surface area (Å²) in [5.41, 5.74) is 1.85. The van der Waals surface area contributed by atoms with Gasteiger partial charge < -0.3 is 15.5 Å². The van der Waals surface area contributed by atoms with Crippen molar-refractivity contribution in [3.05, 3.63) is 45.9 Å². The lowest BCUT2D eigenvalue weighted by molar-refractivity contribution is 0.508. The zero-order chi connectivity index (χ0) is 20.1. The highest BCUT2D eigenvalue weighted by molar-refractivity contribution is 14.0. The molecule has 1 aliphatic rings. The number of thiazole rings is 1. The maximum atomic E-state index is 13.5. The van der Waals surface area contributed by atoms with Crippen LogP contribution in [0.25, 0.3) is 0 Å². The van der Waals surface area contributed by atoms with Gasteiger partial charge in [0.25, 0.3) is 0 Å². The zero-order valence-electron chi connectivity index (χ0n) is 16.9. The molecule has 0 radical (unpaired) electrons. The largest absolute Gasteiger partial charge is 0.371 e. The van der Waals surface area contributed by atoms with Crippen molar-refractivity contribution in [2.75, 3.05) is 31.6 Å². The second-order valence-corrected chi connectivity index (χ2v) is 8.27. The van der Waals surface area contributed by atoms with Crippen LogP contribution in [0.4, 0.5) is 14.5 Å². The molecule has 0 bridgehead atoms. The maximum absolute atomic E-state index is 13.5. The smallest absolute Gasteiger partial charge is 0.191 e. The van der Waals surface area contributed by atoms with Crippen molar-refractivity contribution in [3.63, 3.8) is 0 Å². The van der Waals surface area contributed by atoms with Crippen molar-refractivity contribution in [1.82, 2.24) is 15.6 Å². The Labute approximate surface area is 192 Å². The van der Waals surface area contributed by atoms with Crippen molar-refractivity contribution >= 4 is 47.0 Å². The van der Waals surface area contributed by atoms with Crippen LogP contribution in [0.1, 0.15) is 36.9 Å². The lowest BCUT2D eigenvalue weighted by Gasteiger charge is -2.19. The Kier molecular flexibility index (Phi) is 9.06. The number of aliphatic imine (C=N–C) groups is 1. The van der Waals surface area contributed by atoms with Crippen molar-refractivity contribution in [3.8, 4) is 0 Å². The predicted octanol–water partition coefficient (Wildman–Crippen LogP) is 4.35. The average Bonchev–Trinajstić information content (AvgIpc) is 3.34. The minimum Gasteiger partial charge on any atom is -0.371 e. The van der Waals surface area contributed by atoms with Crippen LogP contribution in [0.3, 0.4) is 0 Å². The van der Waals surface area contributed by atoms with Gasteiger partial charge in [-0.3, -0.25) is 4.99 Å². The van der Waals surface area contributed by atoms with E-state index >= 15 is 0 Å². The van der Waals surface area contributed by atoms with E-state index < -0.39 is 11.6 Å². The summed E-state index contributed by atoms with van der Waals surface area (Å²) in [5.74, 6) is -0.0164. The van der Waals surface area contributed by atoms with E-state index in [4.69, 9.17) is 0 Å². The molecule has 2 aromatic rings. The SMILES string of the molecule is CN=C(NCc1nc(C(C)C)cs1)NCC1CCN(c2ccc(F)c(F)c2)C1.I. The molecule has 3 rings (SSSR count). The van der Waals surface area contributed by atoms with Crippen LogP contribution in [0.15, 0.2) is 28.6 Å². The Hall–Kier alpha value is -1.49. The molecule has 1 saturated heterocycles. The molecule has 2 heterocycles. The minimum atomic E-state index is -0.809. The van der Waals surface area contributed by atoms with Crippen LogP contribution < -0.4 is 15.5 Å². The van der Waals surface area contributed by atoms with Gasteiger partial charge in [0.15, 0.2) is 17.6 Å². The van der Waals surface area contributed by atoms with Gasteiger partial charge in [0.05, 0.1) is 12.2 Å². The quantitative estimate of drug-likeness (QED) is 0.328. The van der Waals surface area contributed by atoms with E-state index in [1.807, 2.05) is 0 Å². The number of benzene rings is 1. The van der Waals surface area contributed by atoms with E-state index in [2.05, 4.69) is 44.7 Å². The van der Waals surface area contributed by atoms with Gasteiger partial charge in [-0.1, -0.05) is 13.8 Å². The number of hydrogen-bond donors (Lipinski definition) is 2. The first-order chi connectivity index (χ1) is 13.5. The normalized spacial score (nSPS) is 16.8. The number of halogens is 3. The second kappa shape index (κ2) is 11.1. The Morgan fingerprint density at radius 1 is 1.31 bits per heavy atom. The molecule has 0 spiro atoms. The van der Waals surface area contributed by atoms with Gasteiger partial charge in [-0.2, -0.15) is 0 Å². The molecular formula is C20H28F2IN5S. The average molecular weight is 535 g/mol. The highest BCUT2D eigenvalue weighted by Gasteiger charge is 2.23. The number of nitrogens with zero attached hydrogens (tertiary/aromatic N) is 3. The number of anilines is 1. The Morgan fingerprint density at radius 2 is 2.10 bits per heavy atom. The summed E-state index contributed by atoms with van der Waals surface area (Å²) in [6, 6.07) is 4.09. The Balaban J connectivity index is 0.00000300. The molecule has 0 saturated carbocycles. The van der Waals surface area contributed by atoms with Gasteiger partial charge in [-0.15, -0.1) is 35.3 Å². The van der Waals surface area contributed by atoms with E-state index in [-0.39, 0.29) is 24.0 Å². The van der Waals surface area contributed by atoms with Crippen LogP contribution in [0, 0.1) is 17.6 Å². The van der Waals surface area contributed by atoms with Gasteiger partial charge in [-0.25, -0.2) is 13.8 Å². The molecule has 1 aromatic heterocycles. The van der Waals surface area contributed by atoms with E-state index in [0.29, 0.717) is 18.4 Å². The third-order valence-corrected chi connectivity index (χ3v) is 5.77. The van der Waals surface area contributed by atoms with Crippen molar-refractivity contribution in [2.24, 2.45) is 10.9 Å². The highest BCUT2D eigenvalue weighted by atomic mass is 127. The molecule has 0 aliphatic carbocycles. The predicted molar refractivity (Wildman–Crippen MR) is 126 cm³/mol. The van der Waals surface area contributed by atoms with Gasteiger partial charge in [-0.05, 0) is 30.4 Å². The van der Waals surface area contributed by atoms with Crippen LogP contribution in [0.5, 0.6) is 0 Å². The van der Waals surface area contributed by atoms with Crippen molar-refractivity contribution in [2.45, 2.75) is 32.7 Å². The molecule has 1 aromatic carbocycles. The van der Waals surface area contributed by atoms with E-state index in [1.54, 1.807) is 24.5 Å². The Morgan fingerprint density at radius 3 is 2.76 bits per heavy atom. The van der Waals surface area contributed by atoms with Gasteiger partial charge in [0.2, 0.25) is 0 Å². The summed E-state index contributed by atoms with van der Waals surface area (Å²) in [4.78, 5) is 11.0. The van der Waals surface area contributed by atoms with E-state index in [1.165, 1.54) is 12.1 Å². The standard InChI is InChI=1S/C20H27F2N5S.HI/c1-13(2)18-12-28-19(26-18)10-25-20(23-3)24-9-14-6-7-27(11-14)15-4-5-16(21)17(22)8-15;/h4-5,8,12-14H,6-7,9-11H2,1-3H3,(H2,23,24,25);1H. The number of hydrogen-bond acceptors (Lipinski definition) is 4. The molecule has 1 fully saturated rings. The fourth-order valence-corrected chi connectivity index (χ4v) is 4.10. The van der Waals surface area contributed by atoms with Crippen molar-refractivity contribution < 1.29 is 8.78 Å². The molecule has 2 N–H and O–H groups in total. The topological polar surface area (TPSA) is 52.6 Å². The summed E-state index contributed by atoms with van der Waals surface area (Å²) in [6.07, 6.45) is 0.993. The first-order valence-electron chi connectivity index (χ1n) is 9.55. The van der Waals surface area contributed by atoms with Gasteiger partial charge in [0.1, 0.15) is 5.01 Å². The van der Waals surface area contributed by atoms with Crippen LogP contribution in [-0.2, 0) is 6.54 Å². The molecular weight excluding hydrogens is 507 g/mol. The van der Waals surface area contributed by atoms with Gasteiger partial charge in [0, 0.05) is 43.8 Å². The Bertz CT molecular complexity index is 827. The number of guanidine groups is 1. The zero-order valence-corrected chi connectivity index (χ0v) is 20.1. The van der Waals surface area contributed by atoms with E-state index in [9.17, 15) is 8.78 Å². The molecule has 5 nitrogen and oxygen atoms in total. The fraction of sp³-hybridized carbons (Fsp3) is 0.500. The number of rotatable bonds is 6. The molecule has 0 amide bonds. The van der Waals surface area contributed by atoms with Crippen LogP contribution in [0.2, 0.25) is 0 Å². The number of aromatic nitrogens is 1. The van der Waals surface area contributed by atoms with E-state index in [0.717, 1.165) is 48.4 Å². The molecule has 1 atom stereocenters. The molecule has 1 aliphatic heterocycles. The molecule has 9 heteroatoms. The lowest BCUT2D eigenvalue weighted by atomic mass is 10.1. The third-order valence-electron chi connectivity index (χ3n) is 4.90. The maximum Gasteiger partial charge on any atom is 0.191 e. The molecule has 1 unspecified atom stereocenters. The summed E-state index contributed by atoms with van der Waals surface area (Å²) >= 11 is 1.65. The fourth-order valence-electron chi connectivity index (χ4n) is 3.21. The van der Waals surface area contributed by atoms with Crippen LogP contribution in [-0.4, -0.2) is 37.6 Å². The first kappa shape index (κ1) is 23.8. The third kappa shape index (κ3) is 6.50. The van der Waals surface area contributed by atoms with Gasteiger partial charge >= 0.3 is 0 Å². The van der Waals surface area contributed by atoms with Crippen molar-refractivity contribution in [1.29, 1.82) is 0 Å². The summed E-state index contributed by atoms with van der Waals surface area (Å²) in [5, 5.41) is 9.80. The first-order valence-corrected chi connectivity index (χ1v) is 10.4. The minimum absolute atomic E-state index is 0. The monoisotopic (exact) mass is 535 g/mol. The summed E-state index contributed by atoms with van der Waals surface area (Å²) < 4.78 is 26.6. The molecule has 160 valence electrons. The molecule has 29 heavy (non-hydrogen) atoms. The van der Waals surface area contributed by atoms with Crippen LogP contribution >= 0.6 is 35.3 Å². The summed E-state index contributed by atoms with van der Waals surface area (Å²) in [7, 11) is 1.75. The second-order valence-electron chi connectivity index (χ2n) is 7.33. The highest BCUT2D eigenvalue weighted by Crippen LogP contribution is 2.25. The number of nitrogens with one attached hydrogen (secondary N) is 2.